The van der Waals surface area contributed by atoms with Gasteiger partial charge < -0.3 is 9.84 Å². The van der Waals surface area contributed by atoms with E-state index in [-0.39, 0.29) is 12.1 Å². The highest BCUT2D eigenvalue weighted by atomic mass is 16.5. The van der Waals surface area contributed by atoms with Crippen molar-refractivity contribution in [2.24, 2.45) is 5.92 Å². The lowest BCUT2D eigenvalue weighted by Gasteiger charge is -2.34. The van der Waals surface area contributed by atoms with E-state index in [1.54, 1.807) is 0 Å². The minimum absolute atomic E-state index is 0.0640. The lowest BCUT2D eigenvalue weighted by Crippen LogP contribution is -2.46. The van der Waals surface area contributed by atoms with Crippen LogP contribution in [0.1, 0.15) is 34.6 Å². The molecule has 0 aromatic heterocycles. The van der Waals surface area contributed by atoms with Gasteiger partial charge in [0.1, 0.15) is 0 Å². The van der Waals surface area contributed by atoms with Gasteiger partial charge in [-0.1, -0.05) is 13.8 Å². The van der Waals surface area contributed by atoms with Gasteiger partial charge in [-0.25, -0.2) is 0 Å². The molecular formula is C12H25NO3. The van der Waals surface area contributed by atoms with Crippen molar-refractivity contribution in [3.8, 4) is 0 Å². The summed E-state index contributed by atoms with van der Waals surface area (Å²) in [5.41, 5.74) is -0.139. The van der Waals surface area contributed by atoms with Crippen molar-refractivity contribution in [3.63, 3.8) is 0 Å². The smallest absolute Gasteiger partial charge is 0.317 e. The number of ether oxygens (including phenoxy) is 1. The molecule has 0 rings (SSSR count). The molecule has 0 saturated carbocycles. The molecule has 0 aromatic rings. The zero-order valence-corrected chi connectivity index (χ0v) is 11.1. The normalized spacial score (nSPS) is 12.4. The highest BCUT2D eigenvalue weighted by molar-refractivity contribution is 5.69. The van der Waals surface area contributed by atoms with E-state index in [0.717, 1.165) is 6.61 Å². The van der Waals surface area contributed by atoms with Crippen LogP contribution in [0.5, 0.6) is 0 Å². The third-order valence-electron chi connectivity index (χ3n) is 2.23. The van der Waals surface area contributed by atoms with Crippen LogP contribution >= 0.6 is 0 Å². The molecule has 0 fully saturated rings. The second-order valence-corrected chi connectivity index (χ2v) is 5.45. The lowest BCUT2D eigenvalue weighted by molar-refractivity contribution is -0.140. The maximum Gasteiger partial charge on any atom is 0.317 e. The Morgan fingerprint density at radius 2 is 1.94 bits per heavy atom. The number of carboxylic acids is 1. The molecule has 96 valence electrons. The van der Waals surface area contributed by atoms with E-state index < -0.39 is 5.97 Å². The molecule has 0 heterocycles. The first-order chi connectivity index (χ1) is 7.23. The van der Waals surface area contributed by atoms with Crippen molar-refractivity contribution < 1.29 is 14.6 Å². The molecular weight excluding hydrogens is 206 g/mol. The minimum atomic E-state index is -0.793. The summed E-state index contributed by atoms with van der Waals surface area (Å²) in [6.07, 6.45) is 0. The molecule has 1 N–H and O–H groups in total. The van der Waals surface area contributed by atoms with E-state index in [2.05, 4.69) is 13.8 Å². The van der Waals surface area contributed by atoms with Crippen LogP contribution in [-0.2, 0) is 9.53 Å². The van der Waals surface area contributed by atoms with Crippen molar-refractivity contribution in [2.45, 2.75) is 40.2 Å². The van der Waals surface area contributed by atoms with Crippen LogP contribution in [0.25, 0.3) is 0 Å². The first kappa shape index (κ1) is 15.4. The van der Waals surface area contributed by atoms with E-state index in [1.165, 1.54) is 0 Å². The number of aliphatic carboxylic acids is 1. The Kier molecular flexibility index (Phi) is 6.60. The Morgan fingerprint density at radius 3 is 2.31 bits per heavy atom. The molecule has 0 aliphatic carbocycles. The standard InChI is InChI=1S/C12H25NO3/c1-10(2)9-16-7-6-13(8-11(14)15)12(3,4)5/h10H,6-9H2,1-5H3,(H,14,15). The zero-order chi connectivity index (χ0) is 12.8. The van der Waals surface area contributed by atoms with Crippen LogP contribution in [0.2, 0.25) is 0 Å². The molecule has 16 heavy (non-hydrogen) atoms. The van der Waals surface area contributed by atoms with Crippen molar-refractivity contribution in [1.29, 1.82) is 0 Å². The number of nitrogens with zero attached hydrogens (tertiary/aromatic N) is 1. The van der Waals surface area contributed by atoms with Crippen LogP contribution < -0.4 is 0 Å². The number of carbonyl (C=O) groups is 1. The summed E-state index contributed by atoms with van der Waals surface area (Å²) in [6, 6.07) is 0. The summed E-state index contributed by atoms with van der Waals surface area (Å²) in [7, 11) is 0. The predicted octanol–water partition coefficient (Wildman–Crippen LogP) is 1.84. The van der Waals surface area contributed by atoms with Crippen LogP contribution in [0.4, 0.5) is 0 Å². The first-order valence-corrected chi connectivity index (χ1v) is 5.78. The third kappa shape index (κ3) is 7.65. The monoisotopic (exact) mass is 231 g/mol. The molecule has 0 spiro atoms. The fourth-order valence-electron chi connectivity index (χ4n) is 1.31. The average Bonchev–Trinajstić information content (AvgIpc) is 2.07. The fourth-order valence-corrected chi connectivity index (χ4v) is 1.31. The second kappa shape index (κ2) is 6.86. The number of hydrogen-bond donors (Lipinski definition) is 1. The second-order valence-electron chi connectivity index (χ2n) is 5.45. The van der Waals surface area contributed by atoms with Gasteiger partial charge in [-0.15, -0.1) is 0 Å². The maximum absolute atomic E-state index is 10.7. The molecule has 0 unspecified atom stereocenters. The van der Waals surface area contributed by atoms with E-state index >= 15 is 0 Å². The van der Waals surface area contributed by atoms with Crippen molar-refractivity contribution in [3.05, 3.63) is 0 Å². The molecule has 0 aromatic carbocycles. The van der Waals surface area contributed by atoms with Crippen LogP contribution in [-0.4, -0.2) is 47.8 Å². The molecule has 4 heteroatoms. The van der Waals surface area contributed by atoms with E-state index in [1.807, 2.05) is 25.7 Å². The quantitative estimate of drug-likeness (QED) is 0.679. The first-order valence-electron chi connectivity index (χ1n) is 5.78. The Hall–Kier alpha value is -0.610. The topological polar surface area (TPSA) is 49.8 Å². The van der Waals surface area contributed by atoms with Gasteiger partial charge in [0.15, 0.2) is 0 Å². The molecule has 0 aliphatic heterocycles. The summed E-state index contributed by atoms with van der Waals surface area (Å²) < 4.78 is 5.47. The maximum atomic E-state index is 10.7. The molecule has 0 saturated heterocycles. The molecule has 0 bridgehead atoms. The molecule has 0 radical (unpaired) electrons. The molecule has 0 amide bonds. The SMILES string of the molecule is CC(C)COCCN(CC(=O)O)C(C)(C)C. The van der Waals surface area contributed by atoms with Crippen LogP contribution in [0.3, 0.4) is 0 Å². The summed E-state index contributed by atoms with van der Waals surface area (Å²) in [5, 5.41) is 8.81. The van der Waals surface area contributed by atoms with Gasteiger partial charge in [-0.3, -0.25) is 9.69 Å². The van der Waals surface area contributed by atoms with E-state index in [4.69, 9.17) is 9.84 Å². The molecule has 0 aliphatic rings. The summed E-state index contributed by atoms with van der Waals surface area (Å²) in [6.45, 7) is 12.3. The van der Waals surface area contributed by atoms with E-state index in [9.17, 15) is 4.79 Å². The fraction of sp³-hybridized carbons (Fsp3) is 0.917. The number of hydrogen-bond acceptors (Lipinski definition) is 3. The summed E-state index contributed by atoms with van der Waals surface area (Å²) in [5.74, 6) is -0.277. The predicted molar refractivity (Wildman–Crippen MR) is 64.6 cm³/mol. The van der Waals surface area contributed by atoms with Crippen molar-refractivity contribution >= 4 is 5.97 Å². The Bertz CT molecular complexity index is 209. The highest BCUT2D eigenvalue weighted by Crippen LogP contribution is 2.12. The molecule has 0 atom stereocenters. The van der Waals surface area contributed by atoms with Crippen LogP contribution in [0, 0.1) is 5.92 Å². The average molecular weight is 231 g/mol. The summed E-state index contributed by atoms with van der Waals surface area (Å²) >= 11 is 0. The Morgan fingerprint density at radius 1 is 1.38 bits per heavy atom. The largest absolute Gasteiger partial charge is 0.480 e. The van der Waals surface area contributed by atoms with Gasteiger partial charge in [0.05, 0.1) is 13.2 Å². The third-order valence-corrected chi connectivity index (χ3v) is 2.23. The van der Waals surface area contributed by atoms with Crippen molar-refractivity contribution in [1.82, 2.24) is 4.90 Å². The number of rotatable bonds is 7. The highest BCUT2D eigenvalue weighted by Gasteiger charge is 2.22. The van der Waals surface area contributed by atoms with Gasteiger partial charge in [0, 0.05) is 18.7 Å². The summed E-state index contributed by atoms with van der Waals surface area (Å²) in [4.78, 5) is 12.6. The van der Waals surface area contributed by atoms with Gasteiger partial charge >= 0.3 is 5.97 Å². The molecule has 4 nitrogen and oxygen atoms in total. The van der Waals surface area contributed by atoms with Gasteiger partial charge in [0.2, 0.25) is 0 Å². The minimum Gasteiger partial charge on any atom is -0.480 e. The van der Waals surface area contributed by atoms with Gasteiger partial charge in [-0.2, -0.15) is 0 Å². The lowest BCUT2D eigenvalue weighted by atomic mass is 10.1. The zero-order valence-electron chi connectivity index (χ0n) is 11.1. The van der Waals surface area contributed by atoms with Crippen molar-refractivity contribution in [2.75, 3.05) is 26.3 Å². The Labute approximate surface area is 98.6 Å². The van der Waals surface area contributed by atoms with Gasteiger partial charge in [-0.05, 0) is 26.7 Å². The van der Waals surface area contributed by atoms with Crippen LogP contribution in [0.15, 0.2) is 0 Å². The number of carboxylic acid groups (broad SMARTS) is 1. The van der Waals surface area contributed by atoms with E-state index in [0.29, 0.717) is 19.1 Å². The van der Waals surface area contributed by atoms with Gasteiger partial charge in [0.25, 0.3) is 0 Å². The Balaban J connectivity index is 3.98.